The zero-order valence-corrected chi connectivity index (χ0v) is 17.4. The van der Waals surface area contributed by atoms with E-state index in [-0.39, 0.29) is 11.8 Å². The number of carbonyl (C=O) groups excluding carboxylic acids is 3. The molecule has 29 heavy (non-hydrogen) atoms. The van der Waals surface area contributed by atoms with E-state index in [0.29, 0.717) is 19.4 Å². The van der Waals surface area contributed by atoms with Crippen LogP contribution >= 0.6 is 11.8 Å². The fourth-order valence-corrected chi connectivity index (χ4v) is 5.60. The standard InChI is InChI=1S/C22H26N2O4S/c1-15(20(26)23-14-12-16-7-3-2-4-8-16)28-21(27)22-13-11-19(25)24(22)17-9-5-6-10-18(17)29-22/h5-7,9-10,15H,2-4,8,11-14H2,1H3,(H,23,26)/t15-,22+/m0/s1. The fourth-order valence-electron chi connectivity index (χ4n) is 4.20. The first-order valence-electron chi connectivity index (χ1n) is 10.3. The predicted molar refractivity (Wildman–Crippen MR) is 111 cm³/mol. The molecule has 2 aliphatic heterocycles. The summed E-state index contributed by atoms with van der Waals surface area (Å²) in [7, 11) is 0. The van der Waals surface area contributed by atoms with Crippen molar-refractivity contribution >= 4 is 35.2 Å². The normalized spacial score (nSPS) is 23.8. The molecule has 0 unspecified atom stereocenters. The summed E-state index contributed by atoms with van der Waals surface area (Å²) in [6, 6.07) is 7.48. The van der Waals surface area contributed by atoms with E-state index in [2.05, 4.69) is 11.4 Å². The van der Waals surface area contributed by atoms with Gasteiger partial charge in [-0.2, -0.15) is 0 Å². The Bertz CT molecular complexity index is 868. The van der Waals surface area contributed by atoms with Gasteiger partial charge in [0.15, 0.2) is 11.0 Å². The molecule has 0 saturated carbocycles. The van der Waals surface area contributed by atoms with E-state index in [0.717, 1.165) is 29.8 Å². The summed E-state index contributed by atoms with van der Waals surface area (Å²) >= 11 is 1.35. The Morgan fingerprint density at radius 1 is 1.28 bits per heavy atom. The van der Waals surface area contributed by atoms with Crippen LogP contribution in [0.25, 0.3) is 0 Å². The topological polar surface area (TPSA) is 75.7 Å². The van der Waals surface area contributed by atoms with Gasteiger partial charge in [0, 0.05) is 24.3 Å². The van der Waals surface area contributed by atoms with Gasteiger partial charge in [0.1, 0.15) is 0 Å². The van der Waals surface area contributed by atoms with Gasteiger partial charge in [-0.25, -0.2) is 4.79 Å². The Morgan fingerprint density at radius 3 is 2.90 bits per heavy atom. The lowest BCUT2D eigenvalue weighted by atomic mass is 9.97. The second kappa shape index (κ2) is 8.22. The van der Waals surface area contributed by atoms with Crippen molar-refractivity contribution in [3.8, 4) is 0 Å². The van der Waals surface area contributed by atoms with E-state index < -0.39 is 16.9 Å². The summed E-state index contributed by atoms with van der Waals surface area (Å²) in [4.78, 5) is 39.3. The summed E-state index contributed by atoms with van der Waals surface area (Å²) in [5, 5.41) is 2.86. The maximum atomic E-state index is 13.1. The highest BCUT2D eigenvalue weighted by Crippen LogP contribution is 2.56. The molecule has 1 aromatic rings. The van der Waals surface area contributed by atoms with Crippen LogP contribution in [0.1, 0.15) is 51.9 Å². The second-order valence-corrected chi connectivity index (χ2v) is 9.10. The van der Waals surface area contributed by atoms with Crippen LogP contribution in [-0.2, 0) is 19.1 Å². The predicted octanol–water partition coefficient (Wildman–Crippen LogP) is 3.55. The Labute approximate surface area is 175 Å². The van der Waals surface area contributed by atoms with E-state index in [1.807, 2.05) is 24.3 Å². The summed E-state index contributed by atoms with van der Waals surface area (Å²) < 4.78 is 5.54. The van der Waals surface area contributed by atoms with Crippen molar-refractivity contribution in [3.05, 3.63) is 35.9 Å². The number of amides is 2. The summed E-state index contributed by atoms with van der Waals surface area (Å²) in [6.07, 6.45) is 7.55. The van der Waals surface area contributed by atoms with E-state index in [4.69, 9.17) is 4.74 Å². The first kappa shape index (κ1) is 20.0. The molecule has 0 spiro atoms. The molecule has 154 valence electrons. The van der Waals surface area contributed by atoms with Crippen LogP contribution in [0.15, 0.2) is 40.8 Å². The summed E-state index contributed by atoms with van der Waals surface area (Å²) in [6.45, 7) is 2.13. The quantitative estimate of drug-likeness (QED) is 0.569. The van der Waals surface area contributed by atoms with Crippen molar-refractivity contribution in [2.75, 3.05) is 11.4 Å². The largest absolute Gasteiger partial charge is 0.450 e. The molecular formula is C22H26N2O4S. The molecule has 1 aliphatic carbocycles. The number of hydrogen-bond donors (Lipinski definition) is 1. The minimum Gasteiger partial charge on any atom is -0.450 e. The highest BCUT2D eigenvalue weighted by atomic mass is 32.2. The molecule has 7 heteroatoms. The van der Waals surface area contributed by atoms with Crippen LogP contribution in [-0.4, -0.2) is 35.3 Å². The highest BCUT2D eigenvalue weighted by Gasteiger charge is 2.58. The van der Waals surface area contributed by atoms with Crippen molar-refractivity contribution in [1.82, 2.24) is 5.32 Å². The highest BCUT2D eigenvalue weighted by molar-refractivity contribution is 8.02. The molecule has 6 nitrogen and oxygen atoms in total. The molecule has 1 aromatic carbocycles. The minimum absolute atomic E-state index is 0.0859. The maximum absolute atomic E-state index is 13.1. The number of anilines is 1. The van der Waals surface area contributed by atoms with Crippen LogP contribution in [0.3, 0.4) is 0 Å². The maximum Gasteiger partial charge on any atom is 0.344 e. The SMILES string of the molecule is C[C@H](OC(=O)[C@]12CCC(=O)N1c1ccccc1S2)C(=O)NCCC1=CCCCC1. The van der Waals surface area contributed by atoms with Gasteiger partial charge in [-0.1, -0.05) is 35.5 Å². The second-order valence-electron chi connectivity index (χ2n) is 7.78. The molecule has 0 radical (unpaired) electrons. The number of hydrogen-bond acceptors (Lipinski definition) is 5. The van der Waals surface area contributed by atoms with Gasteiger partial charge in [-0.05, 0) is 51.2 Å². The number of rotatable bonds is 6. The Kier molecular flexibility index (Phi) is 5.67. The zero-order chi connectivity index (χ0) is 20.4. The number of nitrogens with zero attached hydrogens (tertiary/aromatic N) is 1. The Balaban J connectivity index is 1.36. The number of carbonyl (C=O) groups is 3. The molecule has 4 rings (SSSR count). The van der Waals surface area contributed by atoms with E-state index in [9.17, 15) is 14.4 Å². The summed E-state index contributed by atoms with van der Waals surface area (Å²) in [5.41, 5.74) is 2.13. The van der Waals surface area contributed by atoms with Gasteiger partial charge < -0.3 is 10.1 Å². The van der Waals surface area contributed by atoms with Crippen LogP contribution in [0.4, 0.5) is 5.69 Å². The zero-order valence-electron chi connectivity index (χ0n) is 16.6. The molecule has 0 aromatic heterocycles. The number of para-hydroxylation sites is 1. The summed E-state index contributed by atoms with van der Waals surface area (Å²) in [5.74, 6) is -0.915. The van der Waals surface area contributed by atoms with Crippen molar-refractivity contribution in [2.45, 2.75) is 67.7 Å². The van der Waals surface area contributed by atoms with Crippen LogP contribution < -0.4 is 10.2 Å². The van der Waals surface area contributed by atoms with Gasteiger partial charge >= 0.3 is 5.97 Å². The van der Waals surface area contributed by atoms with Crippen molar-refractivity contribution in [3.63, 3.8) is 0 Å². The molecule has 2 heterocycles. The molecular weight excluding hydrogens is 388 g/mol. The van der Waals surface area contributed by atoms with Gasteiger partial charge in [0.25, 0.3) is 5.91 Å². The number of esters is 1. The molecule has 2 atom stereocenters. The van der Waals surface area contributed by atoms with Gasteiger partial charge in [-0.15, -0.1) is 0 Å². The molecule has 1 fully saturated rings. The van der Waals surface area contributed by atoms with Crippen LogP contribution in [0.2, 0.25) is 0 Å². The smallest absolute Gasteiger partial charge is 0.344 e. The lowest BCUT2D eigenvalue weighted by molar-refractivity contribution is -0.157. The molecule has 0 bridgehead atoms. The first-order valence-corrected chi connectivity index (χ1v) is 11.1. The average molecular weight is 415 g/mol. The van der Waals surface area contributed by atoms with E-state index in [1.54, 1.807) is 11.8 Å². The van der Waals surface area contributed by atoms with Crippen molar-refractivity contribution in [1.29, 1.82) is 0 Å². The lowest BCUT2D eigenvalue weighted by Gasteiger charge is -2.29. The van der Waals surface area contributed by atoms with E-state index >= 15 is 0 Å². The third-order valence-electron chi connectivity index (χ3n) is 5.78. The molecule has 1 N–H and O–H groups in total. The molecule has 2 amide bonds. The first-order chi connectivity index (χ1) is 14.0. The third-order valence-corrected chi connectivity index (χ3v) is 7.23. The van der Waals surface area contributed by atoms with Crippen molar-refractivity contribution in [2.24, 2.45) is 0 Å². The molecule has 1 saturated heterocycles. The van der Waals surface area contributed by atoms with Crippen LogP contribution in [0, 0.1) is 0 Å². The number of fused-ring (bicyclic) bond motifs is 3. The van der Waals surface area contributed by atoms with Gasteiger partial charge in [0.2, 0.25) is 5.91 Å². The van der Waals surface area contributed by atoms with Crippen molar-refractivity contribution < 1.29 is 19.1 Å². The van der Waals surface area contributed by atoms with Crippen LogP contribution in [0.5, 0.6) is 0 Å². The minimum atomic E-state index is -1.10. The number of ether oxygens (including phenoxy) is 1. The number of allylic oxidation sites excluding steroid dienone is 1. The number of thioether (sulfide) groups is 1. The monoisotopic (exact) mass is 414 g/mol. The van der Waals surface area contributed by atoms with E-state index in [1.165, 1.54) is 30.2 Å². The fraction of sp³-hybridized carbons (Fsp3) is 0.500. The molecule has 3 aliphatic rings. The lowest BCUT2D eigenvalue weighted by Crippen LogP contribution is -2.50. The third kappa shape index (κ3) is 3.80. The average Bonchev–Trinajstić information content (AvgIpc) is 3.24. The Hall–Kier alpha value is -2.28. The Morgan fingerprint density at radius 2 is 2.10 bits per heavy atom. The number of nitrogens with one attached hydrogen (secondary N) is 1. The van der Waals surface area contributed by atoms with Gasteiger partial charge in [0.05, 0.1) is 5.69 Å². The number of benzene rings is 1. The van der Waals surface area contributed by atoms with Gasteiger partial charge in [-0.3, -0.25) is 14.5 Å².